The average molecular weight is 275 g/mol. The van der Waals surface area contributed by atoms with Crippen molar-refractivity contribution < 1.29 is 0 Å². The number of rotatable bonds is 4. The zero-order valence-electron chi connectivity index (χ0n) is 12.6. The van der Waals surface area contributed by atoms with Crippen LogP contribution in [0.5, 0.6) is 0 Å². The first kappa shape index (κ1) is 13.7. The first-order valence-electron chi connectivity index (χ1n) is 7.54. The zero-order valence-corrected chi connectivity index (χ0v) is 12.6. The summed E-state index contributed by atoms with van der Waals surface area (Å²) in [6.07, 6.45) is 0. The van der Waals surface area contributed by atoms with E-state index in [1.807, 2.05) is 0 Å². The van der Waals surface area contributed by atoms with Crippen LogP contribution in [0, 0.1) is 5.92 Å². The standard InChI is InChI=1S/C20H21N/c1-15(2)20(17-9-4-3-5-10-17)21-19-13-12-16-8-6-7-11-18(16)14-19/h3-15,20-21H,1-2H3. The van der Waals surface area contributed by atoms with E-state index >= 15 is 0 Å². The van der Waals surface area contributed by atoms with Crippen molar-refractivity contribution in [3.05, 3.63) is 78.4 Å². The monoisotopic (exact) mass is 275 g/mol. The topological polar surface area (TPSA) is 12.0 Å². The van der Waals surface area contributed by atoms with Crippen LogP contribution in [0.2, 0.25) is 0 Å². The maximum Gasteiger partial charge on any atom is 0.0536 e. The van der Waals surface area contributed by atoms with Gasteiger partial charge in [0.15, 0.2) is 0 Å². The molecule has 1 N–H and O–H groups in total. The molecular formula is C20H21N. The molecule has 0 heterocycles. The molecule has 0 aliphatic carbocycles. The molecule has 0 fully saturated rings. The van der Waals surface area contributed by atoms with E-state index in [-0.39, 0.29) is 0 Å². The van der Waals surface area contributed by atoms with Crippen LogP contribution in [-0.2, 0) is 0 Å². The van der Waals surface area contributed by atoms with Crippen LogP contribution in [0.25, 0.3) is 10.8 Å². The summed E-state index contributed by atoms with van der Waals surface area (Å²) in [6, 6.07) is 26.0. The molecular weight excluding hydrogens is 254 g/mol. The maximum atomic E-state index is 3.69. The molecule has 0 aliphatic heterocycles. The van der Waals surface area contributed by atoms with Gasteiger partial charge in [0, 0.05) is 5.69 Å². The number of nitrogens with one attached hydrogen (secondary N) is 1. The zero-order chi connectivity index (χ0) is 14.7. The lowest BCUT2D eigenvalue weighted by molar-refractivity contribution is 0.546. The van der Waals surface area contributed by atoms with Crippen molar-refractivity contribution in [3.8, 4) is 0 Å². The van der Waals surface area contributed by atoms with Crippen molar-refractivity contribution >= 4 is 16.5 Å². The SMILES string of the molecule is CC(C)C(Nc1ccc2ccccc2c1)c1ccccc1. The third-order valence-electron chi connectivity index (χ3n) is 3.90. The Bertz CT molecular complexity index is 716. The molecule has 1 heteroatoms. The Kier molecular flexibility index (Phi) is 3.92. The van der Waals surface area contributed by atoms with Gasteiger partial charge in [0.05, 0.1) is 6.04 Å². The molecule has 3 aromatic carbocycles. The Morgan fingerprint density at radius 1 is 0.714 bits per heavy atom. The van der Waals surface area contributed by atoms with E-state index in [9.17, 15) is 0 Å². The molecule has 1 atom stereocenters. The number of hydrogen-bond donors (Lipinski definition) is 1. The second-order valence-electron chi connectivity index (χ2n) is 5.84. The smallest absolute Gasteiger partial charge is 0.0536 e. The summed E-state index contributed by atoms with van der Waals surface area (Å²) in [7, 11) is 0. The molecule has 0 aliphatic rings. The minimum absolute atomic E-state index is 0.326. The van der Waals surface area contributed by atoms with E-state index in [4.69, 9.17) is 0 Å². The normalized spacial score (nSPS) is 12.5. The van der Waals surface area contributed by atoms with Crippen LogP contribution in [0.15, 0.2) is 72.8 Å². The molecule has 0 bridgehead atoms. The summed E-state index contributed by atoms with van der Waals surface area (Å²) in [4.78, 5) is 0. The number of anilines is 1. The van der Waals surface area contributed by atoms with E-state index in [1.54, 1.807) is 0 Å². The van der Waals surface area contributed by atoms with E-state index < -0.39 is 0 Å². The fourth-order valence-corrected chi connectivity index (χ4v) is 2.75. The van der Waals surface area contributed by atoms with Gasteiger partial charge in [-0.15, -0.1) is 0 Å². The predicted octanol–water partition coefficient (Wildman–Crippen LogP) is 5.65. The van der Waals surface area contributed by atoms with Crippen LogP contribution >= 0.6 is 0 Å². The molecule has 0 saturated carbocycles. The molecule has 106 valence electrons. The van der Waals surface area contributed by atoms with Gasteiger partial charge in [0.25, 0.3) is 0 Å². The lowest BCUT2D eigenvalue weighted by atomic mass is 9.95. The van der Waals surface area contributed by atoms with Crippen LogP contribution < -0.4 is 5.32 Å². The lowest BCUT2D eigenvalue weighted by Crippen LogP contribution is -2.16. The Morgan fingerprint density at radius 2 is 1.38 bits per heavy atom. The molecule has 3 rings (SSSR count). The van der Waals surface area contributed by atoms with E-state index in [0.717, 1.165) is 0 Å². The van der Waals surface area contributed by atoms with Gasteiger partial charge >= 0.3 is 0 Å². The van der Waals surface area contributed by atoms with Crippen LogP contribution in [0.1, 0.15) is 25.5 Å². The van der Waals surface area contributed by atoms with Crippen molar-refractivity contribution in [3.63, 3.8) is 0 Å². The molecule has 0 radical (unpaired) electrons. The average Bonchev–Trinajstić information content (AvgIpc) is 2.53. The minimum atomic E-state index is 0.326. The van der Waals surface area contributed by atoms with Crippen LogP contribution in [0.3, 0.4) is 0 Å². The summed E-state index contributed by atoms with van der Waals surface area (Å²) >= 11 is 0. The number of benzene rings is 3. The Balaban J connectivity index is 1.91. The highest BCUT2D eigenvalue weighted by Crippen LogP contribution is 2.28. The lowest BCUT2D eigenvalue weighted by Gasteiger charge is -2.24. The molecule has 0 amide bonds. The van der Waals surface area contributed by atoms with Gasteiger partial charge in [0.1, 0.15) is 0 Å². The molecule has 1 unspecified atom stereocenters. The van der Waals surface area contributed by atoms with Crippen molar-refractivity contribution in [1.29, 1.82) is 0 Å². The van der Waals surface area contributed by atoms with Crippen molar-refractivity contribution in [2.24, 2.45) is 5.92 Å². The van der Waals surface area contributed by atoms with Gasteiger partial charge in [0.2, 0.25) is 0 Å². The van der Waals surface area contributed by atoms with Gasteiger partial charge in [-0.05, 0) is 34.4 Å². The highest BCUT2D eigenvalue weighted by Gasteiger charge is 2.15. The highest BCUT2D eigenvalue weighted by atomic mass is 14.9. The second kappa shape index (κ2) is 6.01. The second-order valence-corrected chi connectivity index (χ2v) is 5.84. The maximum absolute atomic E-state index is 3.69. The summed E-state index contributed by atoms with van der Waals surface area (Å²) in [6.45, 7) is 4.51. The first-order valence-corrected chi connectivity index (χ1v) is 7.54. The fourth-order valence-electron chi connectivity index (χ4n) is 2.75. The van der Waals surface area contributed by atoms with Gasteiger partial charge < -0.3 is 5.32 Å². The summed E-state index contributed by atoms with van der Waals surface area (Å²) < 4.78 is 0. The number of fused-ring (bicyclic) bond motifs is 1. The highest BCUT2D eigenvalue weighted by molar-refractivity contribution is 5.85. The molecule has 1 nitrogen and oxygen atoms in total. The Hall–Kier alpha value is -2.28. The summed E-state index contributed by atoms with van der Waals surface area (Å²) in [5.41, 5.74) is 2.51. The molecule has 0 saturated heterocycles. The number of hydrogen-bond acceptors (Lipinski definition) is 1. The third-order valence-corrected chi connectivity index (χ3v) is 3.90. The summed E-state index contributed by atoms with van der Waals surface area (Å²) in [5.74, 6) is 0.527. The van der Waals surface area contributed by atoms with Crippen molar-refractivity contribution in [1.82, 2.24) is 0 Å². The van der Waals surface area contributed by atoms with Crippen molar-refractivity contribution in [2.45, 2.75) is 19.9 Å². The first-order chi connectivity index (χ1) is 10.2. The van der Waals surface area contributed by atoms with Gasteiger partial charge in [-0.1, -0.05) is 74.5 Å². The molecule has 21 heavy (non-hydrogen) atoms. The van der Waals surface area contributed by atoms with Crippen LogP contribution in [0.4, 0.5) is 5.69 Å². The largest absolute Gasteiger partial charge is 0.378 e. The predicted molar refractivity (Wildman–Crippen MR) is 91.6 cm³/mol. The van der Waals surface area contributed by atoms with Gasteiger partial charge in [-0.3, -0.25) is 0 Å². The Labute approximate surface area is 126 Å². The minimum Gasteiger partial charge on any atom is -0.378 e. The van der Waals surface area contributed by atoms with E-state index in [0.29, 0.717) is 12.0 Å². The quantitative estimate of drug-likeness (QED) is 0.649. The molecule has 3 aromatic rings. The third kappa shape index (κ3) is 3.08. The summed E-state index contributed by atoms with van der Waals surface area (Å²) in [5, 5.41) is 6.24. The van der Waals surface area contributed by atoms with Gasteiger partial charge in [-0.2, -0.15) is 0 Å². The van der Waals surface area contributed by atoms with E-state index in [1.165, 1.54) is 22.0 Å². The Morgan fingerprint density at radius 3 is 2.10 bits per heavy atom. The fraction of sp³-hybridized carbons (Fsp3) is 0.200. The molecule has 0 aromatic heterocycles. The van der Waals surface area contributed by atoms with E-state index in [2.05, 4.69) is 92.0 Å². The van der Waals surface area contributed by atoms with Crippen molar-refractivity contribution in [2.75, 3.05) is 5.32 Å². The van der Waals surface area contributed by atoms with Crippen LogP contribution in [-0.4, -0.2) is 0 Å². The van der Waals surface area contributed by atoms with Gasteiger partial charge in [-0.25, -0.2) is 0 Å². The molecule has 0 spiro atoms.